The number of benzene rings is 1. The van der Waals surface area contributed by atoms with E-state index < -0.39 is 15.8 Å². The maximum atomic E-state index is 13.4. The van der Waals surface area contributed by atoms with Crippen molar-refractivity contribution in [2.24, 2.45) is 0 Å². The van der Waals surface area contributed by atoms with Crippen LogP contribution in [0.1, 0.15) is 5.56 Å². The number of pyridine rings is 1. The van der Waals surface area contributed by atoms with Crippen molar-refractivity contribution in [2.45, 2.75) is 11.8 Å². The summed E-state index contributed by atoms with van der Waals surface area (Å²) in [6.45, 7) is 1.49. The normalized spacial score (nSPS) is 11.2. The molecule has 0 aliphatic carbocycles. The summed E-state index contributed by atoms with van der Waals surface area (Å²) in [5.74, 6) is -0.116. The van der Waals surface area contributed by atoms with E-state index in [1.165, 1.54) is 37.4 Å². The highest BCUT2D eigenvalue weighted by Crippen LogP contribution is 2.25. The maximum absolute atomic E-state index is 13.4. The molecule has 0 aliphatic rings. The number of hydrogen-bond donors (Lipinski definition) is 2. The summed E-state index contributed by atoms with van der Waals surface area (Å²) in [5.41, 5.74) is 0.385. The number of anilines is 2. The predicted molar refractivity (Wildman–Crippen MR) is 80.7 cm³/mol. The highest BCUT2D eigenvalue weighted by molar-refractivity contribution is 7.92. The van der Waals surface area contributed by atoms with Crippen LogP contribution in [0.4, 0.5) is 15.9 Å². The fraction of sp³-hybridized carbons (Fsp3) is 0.154. The van der Waals surface area contributed by atoms with E-state index >= 15 is 0 Å². The Morgan fingerprint density at radius 3 is 2.67 bits per heavy atom. The molecule has 2 rings (SSSR count). The van der Waals surface area contributed by atoms with Crippen LogP contribution in [-0.4, -0.2) is 20.4 Å². The van der Waals surface area contributed by atoms with Gasteiger partial charge in [-0.15, -0.1) is 0 Å². The number of aromatic nitrogens is 1. The van der Waals surface area contributed by atoms with E-state index in [2.05, 4.69) is 15.0 Å². The van der Waals surface area contributed by atoms with E-state index in [0.717, 1.165) is 0 Å². The third-order valence-electron chi connectivity index (χ3n) is 2.88. The molecule has 2 N–H and O–H groups in total. The lowest BCUT2D eigenvalue weighted by Gasteiger charge is -2.11. The lowest BCUT2D eigenvalue weighted by Crippen LogP contribution is -2.14. The van der Waals surface area contributed by atoms with E-state index in [4.69, 9.17) is 11.6 Å². The van der Waals surface area contributed by atoms with Gasteiger partial charge in [0.15, 0.2) is 0 Å². The van der Waals surface area contributed by atoms with Crippen LogP contribution in [0.15, 0.2) is 35.4 Å². The minimum atomic E-state index is -3.89. The standard InChI is InChI=1S/C13H13ClFN3O2S/c1-8-11(15)4-3-5-12(8)18-21(19,20)9-6-10(14)13(16-2)17-7-9/h3-7,18H,1-2H3,(H,16,17). The summed E-state index contributed by atoms with van der Waals surface area (Å²) in [5, 5.41) is 2.91. The molecule has 5 nitrogen and oxygen atoms in total. The summed E-state index contributed by atoms with van der Waals surface area (Å²) in [7, 11) is -2.27. The number of nitrogens with zero attached hydrogens (tertiary/aromatic N) is 1. The summed E-state index contributed by atoms with van der Waals surface area (Å²) < 4.78 is 40.3. The average molecular weight is 330 g/mol. The Morgan fingerprint density at radius 1 is 1.33 bits per heavy atom. The molecule has 8 heteroatoms. The molecule has 0 fully saturated rings. The second-order valence-corrected chi connectivity index (χ2v) is 6.36. The van der Waals surface area contributed by atoms with Crippen molar-refractivity contribution < 1.29 is 12.8 Å². The summed E-state index contributed by atoms with van der Waals surface area (Å²) in [6, 6.07) is 5.44. The first kappa shape index (κ1) is 15.5. The van der Waals surface area contributed by atoms with Gasteiger partial charge in [-0.1, -0.05) is 17.7 Å². The number of nitrogens with one attached hydrogen (secondary N) is 2. The molecule has 0 atom stereocenters. The molecule has 21 heavy (non-hydrogen) atoms. The monoisotopic (exact) mass is 329 g/mol. The molecule has 0 spiro atoms. The van der Waals surface area contributed by atoms with E-state index in [9.17, 15) is 12.8 Å². The van der Waals surface area contributed by atoms with Gasteiger partial charge in [0.05, 0.1) is 10.7 Å². The van der Waals surface area contributed by atoms with E-state index in [1.807, 2.05) is 0 Å². The van der Waals surface area contributed by atoms with Crippen LogP contribution >= 0.6 is 11.6 Å². The molecular weight excluding hydrogens is 317 g/mol. The quantitative estimate of drug-likeness (QED) is 0.904. The topological polar surface area (TPSA) is 71.1 Å². The SMILES string of the molecule is CNc1ncc(S(=O)(=O)Nc2cccc(F)c2C)cc1Cl. The Bertz CT molecular complexity index is 781. The van der Waals surface area contributed by atoms with Gasteiger partial charge in [0, 0.05) is 18.8 Å². The lowest BCUT2D eigenvalue weighted by atomic mass is 10.2. The second kappa shape index (κ2) is 5.87. The second-order valence-electron chi connectivity index (χ2n) is 4.27. The van der Waals surface area contributed by atoms with Gasteiger partial charge in [-0.25, -0.2) is 17.8 Å². The van der Waals surface area contributed by atoms with Crippen LogP contribution < -0.4 is 10.0 Å². The lowest BCUT2D eigenvalue weighted by molar-refractivity contribution is 0.600. The van der Waals surface area contributed by atoms with Crippen molar-refractivity contribution in [3.05, 3.63) is 46.9 Å². The smallest absolute Gasteiger partial charge is 0.263 e. The highest BCUT2D eigenvalue weighted by Gasteiger charge is 2.18. The summed E-state index contributed by atoms with van der Waals surface area (Å²) >= 11 is 5.92. The molecule has 0 radical (unpaired) electrons. The fourth-order valence-electron chi connectivity index (χ4n) is 1.67. The predicted octanol–water partition coefficient (Wildman–Crippen LogP) is 3.03. The van der Waals surface area contributed by atoms with Gasteiger partial charge >= 0.3 is 0 Å². The molecule has 2 aromatic rings. The van der Waals surface area contributed by atoms with Crippen LogP contribution in [0, 0.1) is 12.7 Å². The van der Waals surface area contributed by atoms with Crippen molar-refractivity contribution >= 4 is 33.1 Å². The summed E-state index contributed by atoms with van der Waals surface area (Å²) in [4.78, 5) is 3.81. The number of halogens is 2. The third kappa shape index (κ3) is 3.25. The highest BCUT2D eigenvalue weighted by atomic mass is 35.5. The van der Waals surface area contributed by atoms with E-state index in [0.29, 0.717) is 5.82 Å². The van der Waals surface area contributed by atoms with Crippen LogP contribution in [-0.2, 0) is 10.0 Å². The molecule has 1 aromatic carbocycles. The van der Waals surface area contributed by atoms with Crippen LogP contribution in [0.2, 0.25) is 5.02 Å². The van der Waals surface area contributed by atoms with Gasteiger partial charge in [0.1, 0.15) is 16.5 Å². The molecular formula is C13H13ClFN3O2S. The van der Waals surface area contributed by atoms with Gasteiger partial charge < -0.3 is 5.32 Å². The van der Waals surface area contributed by atoms with Crippen LogP contribution in [0.25, 0.3) is 0 Å². The van der Waals surface area contributed by atoms with Crippen molar-refractivity contribution in [2.75, 3.05) is 17.1 Å². The molecule has 0 saturated heterocycles. The molecule has 1 heterocycles. The van der Waals surface area contributed by atoms with Crippen molar-refractivity contribution in [3.63, 3.8) is 0 Å². The van der Waals surface area contributed by atoms with Crippen molar-refractivity contribution in [1.29, 1.82) is 0 Å². The molecule has 0 aliphatic heterocycles. The first-order valence-electron chi connectivity index (χ1n) is 5.96. The van der Waals surface area contributed by atoms with Crippen LogP contribution in [0.3, 0.4) is 0 Å². The number of rotatable bonds is 4. The minimum Gasteiger partial charge on any atom is -0.372 e. The largest absolute Gasteiger partial charge is 0.372 e. The molecule has 1 aromatic heterocycles. The van der Waals surface area contributed by atoms with E-state index in [1.54, 1.807) is 7.05 Å². The van der Waals surface area contributed by atoms with Gasteiger partial charge in [-0.3, -0.25) is 4.72 Å². The van der Waals surface area contributed by atoms with Gasteiger partial charge in [-0.05, 0) is 25.1 Å². The number of sulfonamides is 1. The fourth-order valence-corrected chi connectivity index (χ4v) is 3.09. The number of hydrogen-bond acceptors (Lipinski definition) is 4. The Morgan fingerprint density at radius 2 is 2.05 bits per heavy atom. The average Bonchev–Trinajstić information content (AvgIpc) is 2.43. The molecule has 0 amide bonds. The third-order valence-corrected chi connectivity index (χ3v) is 4.50. The van der Waals surface area contributed by atoms with Crippen LogP contribution in [0.5, 0.6) is 0 Å². The Hall–Kier alpha value is -1.86. The molecule has 0 bridgehead atoms. The van der Waals surface area contributed by atoms with Gasteiger partial charge in [0.25, 0.3) is 10.0 Å². The van der Waals surface area contributed by atoms with Crippen molar-refractivity contribution in [3.8, 4) is 0 Å². The maximum Gasteiger partial charge on any atom is 0.263 e. The molecule has 0 unspecified atom stereocenters. The first-order valence-corrected chi connectivity index (χ1v) is 7.82. The molecule has 0 saturated carbocycles. The van der Waals surface area contributed by atoms with Gasteiger partial charge in [0.2, 0.25) is 0 Å². The Kier molecular flexibility index (Phi) is 4.34. The summed E-state index contributed by atoms with van der Waals surface area (Å²) in [6.07, 6.45) is 1.18. The zero-order chi connectivity index (χ0) is 15.6. The Labute approximate surface area is 127 Å². The first-order chi connectivity index (χ1) is 9.85. The zero-order valence-corrected chi connectivity index (χ0v) is 12.9. The minimum absolute atomic E-state index is 0.102. The molecule has 112 valence electrons. The Balaban J connectivity index is 2.39. The van der Waals surface area contributed by atoms with E-state index in [-0.39, 0.29) is 21.2 Å². The van der Waals surface area contributed by atoms with Gasteiger partial charge in [-0.2, -0.15) is 0 Å². The van der Waals surface area contributed by atoms with Crippen molar-refractivity contribution in [1.82, 2.24) is 4.98 Å². The zero-order valence-electron chi connectivity index (χ0n) is 11.3.